The largest absolute Gasteiger partial charge is 0.385 e. The fourth-order valence-corrected chi connectivity index (χ4v) is 3.03. The van der Waals surface area contributed by atoms with Gasteiger partial charge in [-0.25, -0.2) is 0 Å². The van der Waals surface area contributed by atoms with Gasteiger partial charge in [0.1, 0.15) is 5.76 Å². The fourth-order valence-electron chi connectivity index (χ4n) is 3.03. The highest BCUT2D eigenvalue weighted by Crippen LogP contribution is 2.33. The Balaban J connectivity index is 1.81. The van der Waals surface area contributed by atoms with Crippen LogP contribution < -0.4 is 4.90 Å². The van der Waals surface area contributed by atoms with Crippen LogP contribution in [0.5, 0.6) is 0 Å². The summed E-state index contributed by atoms with van der Waals surface area (Å²) in [5.74, 6) is 1.07. The zero-order chi connectivity index (χ0) is 19.2. The zero-order valence-corrected chi connectivity index (χ0v) is 15.7. The Bertz CT molecular complexity index is 859. The number of anilines is 1. The van der Waals surface area contributed by atoms with E-state index in [1.165, 1.54) is 0 Å². The Hall–Kier alpha value is -2.93. The van der Waals surface area contributed by atoms with E-state index in [-0.39, 0.29) is 11.8 Å². The van der Waals surface area contributed by atoms with Gasteiger partial charge in [0.2, 0.25) is 5.91 Å². The van der Waals surface area contributed by atoms with Gasteiger partial charge in [-0.2, -0.15) is 0 Å². The number of para-hydroxylation sites is 1. The van der Waals surface area contributed by atoms with Gasteiger partial charge in [0.25, 0.3) is 0 Å². The summed E-state index contributed by atoms with van der Waals surface area (Å²) in [4.78, 5) is 14.5. The van der Waals surface area contributed by atoms with Crippen molar-refractivity contribution in [2.24, 2.45) is 0 Å². The van der Waals surface area contributed by atoms with Crippen molar-refractivity contribution in [1.82, 2.24) is 10.3 Å². The predicted molar refractivity (Wildman–Crippen MR) is 100 cm³/mol. The molecule has 2 heterocycles. The fraction of sp³-hybridized carbons (Fsp3) is 0.350. The molecule has 3 rings (SSSR count). The Kier molecular flexibility index (Phi) is 6.03. The average molecular weight is 369 g/mol. The van der Waals surface area contributed by atoms with E-state index in [1.54, 1.807) is 31.3 Å². The van der Waals surface area contributed by atoms with Crippen molar-refractivity contribution >= 4 is 11.6 Å². The van der Waals surface area contributed by atoms with E-state index in [2.05, 4.69) is 10.3 Å². The minimum atomic E-state index is -0.146. The molecule has 2 aromatic heterocycles. The number of methoxy groups -OCH3 is 1. The molecule has 0 saturated carbocycles. The number of benzene rings is 1. The maximum atomic E-state index is 12.8. The molecule has 7 nitrogen and oxygen atoms in total. The summed E-state index contributed by atoms with van der Waals surface area (Å²) < 4.78 is 16.0. The molecule has 0 saturated heterocycles. The van der Waals surface area contributed by atoms with E-state index in [0.29, 0.717) is 36.7 Å². The second kappa shape index (κ2) is 8.64. The number of carbonyl (C=O) groups is 1. The molecule has 0 aliphatic carbocycles. The first-order valence-corrected chi connectivity index (χ1v) is 8.79. The van der Waals surface area contributed by atoms with Gasteiger partial charge in [-0.05, 0) is 25.5 Å². The predicted octanol–water partition coefficient (Wildman–Crippen LogP) is 3.81. The van der Waals surface area contributed by atoms with Gasteiger partial charge in [-0.1, -0.05) is 28.5 Å². The number of hydrogen-bond acceptors (Lipinski definition) is 6. The summed E-state index contributed by atoms with van der Waals surface area (Å²) in [6.45, 7) is 2.43. The molecule has 7 heteroatoms. The van der Waals surface area contributed by atoms with Crippen LogP contribution in [0, 0.1) is 6.92 Å². The summed E-state index contributed by atoms with van der Waals surface area (Å²) >= 11 is 0. The lowest BCUT2D eigenvalue weighted by Crippen LogP contribution is -2.28. The summed E-state index contributed by atoms with van der Waals surface area (Å²) in [7, 11) is 3.42. The Morgan fingerprint density at radius 3 is 2.67 bits per heavy atom. The van der Waals surface area contributed by atoms with E-state index in [4.69, 9.17) is 13.8 Å². The first-order chi connectivity index (χ1) is 13.1. The Morgan fingerprint density at radius 1 is 1.22 bits per heavy atom. The molecule has 0 radical (unpaired) electrons. The van der Waals surface area contributed by atoms with Crippen molar-refractivity contribution in [3.63, 3.8) is 0 Å². The maximum absolute atomic E-state index is 12.8. The van der Waals surface area contributed by atoms with Gasteiger partial charge in [0.05, 0.1) is 6.20 Å². The molecule has 0 spiro atoms. The highest BCUT2D eigenvalue weighted by molar-refractivity contribution is 5.93. The minimum absolute atomic E-state index is 0.000631. The van der Waals surface area contributed by atoms with E-state index in [1.807, 2.05) is 37.3 Å². The van der Waals surface area contributed by atoms with Crippen molar-refractivity contribution in [2.75, 3.05) is 25.7 Å². The Morgan fingerprint density at radius 2 is 2.00 bits per heavy atom. The van der Waals surface area contributed by atoms with Gasteiger partial charge in [0, 0.05) is 50.4 Å². The lowest BCUT2D eigenvalue weighted by Gasteiger charge is -2.21. The van der Waals surface area contributed by atoms with Gasteiger partial charge in [0.15, 0.2) is 11.5 Å². The van der Waals surface area contributed by atoms with Crippen molar-refractivity contribution in [3.8, 4) is 11.5 Å². The van der Waals surface area contributed by atoms with E-state index in [0.717, 1.165) is 11.3 Å². The topological polar surface area (TPSA) is 81.6 Å². The van der Waals surface area contributed by atoms with Crippen LogP contribution >= 0.6 is 0 Å². The Labute approximate surface area is 157 Å². The molecule has 1 atom stereocenters. The van der Waals surface area contributed by atoms with Crippen molar-refractivity contribution in [1.29, 1.82) is 0 Å². The van der Waals surface area contributed by atoms with E-state index < -0.39 is 0 Å². The average Bonchev–Trinajstić information content (AvgIpc) is 3.34. The lowest BCUT2D eigenvalue weighted by molar-refractivity contribution is -0.118. The standard InChI is InChI=1S/C20H23N3O4/c1-14-19(17-9-11-21-26-17)22-27-20(14)15(10-12-25-3)13-18(24)23(2)16-7-5-4-6-8-16/h4-9,11,15H,10,12-13H2,1-3H3. The SMILES string of the molecule is COCCC(CC(=O)N(C)c1ccccc1)c1onc(-c2ccno2)c1C. The molecule has 1 amide bonds. The van der Waals surface area contributed by atoms with Crippen LogP contribution in [0.1, 0.15) is 30.1 Å². The van der Waals surface area contributed by atoms with Crippen molar-refractivity contribution in [2.45, 2.75) is 25.7 Å². The molecular weight excluding hydrogens is 346 g/mol. The minimum Gasteiger partial charge on any atom is -0.385 e. The molecule has 1 aromatic carbocycles. The van der Waals surface area contributed by atoms with Crippen LogP contribution in [-0.4, -0.2) is 37.0 Å². The maximum Gasteiger partial charge on any atom is 0.227 e. The first-order valence-electron chi connectivity index (χ1n) is 8.79. The second-order valence-corrected chi connectivity index (χ2v) is 6.37. The molecular formula is C20H23N3O4. The lowest BCUT2D eigenvalue weighted by atomic mass is 9.94. The van der Waals surface area contributed by atoms with Crippen LogP contribution in [0.3, 0.4) is 0 Å². The highest BCUT2D eigenvalue weighted by atomic mass is 16.5. The summed E-state index contributed by atoms with van der Waals surface area (Å²) in [5, 5.41) is 7.83. The molecule has 0 aliphatic rings. The molecule has 3 aromatic rings. The van der Waals surface area contributed by atoms with Crippen LogP contribution in [0.15, 0.2) is 51.6 Å². The zero-order valence-electron chi connectivity index (χ0n) is 15.7. The normalized spacial score (nSPS) is 12.1. The summed E-state index contributed by atoms with van der Waals surface area (Å²) in [6, 6.07) is 11.3. The van der Waals surface area contributed by atoms with Gasteiger partial charge in [-0.3, -0.25) is 4.79 Å². The smallest absolute Gasteiger partial charge is 0.227 e. The van der Waals surface area contributed by atoms with Gasteiger partial charge in [-0.15, -0.1) is 0 Å². The van der Waals surface area contributed by atoms with Gasteiger partial charge >= 0.3 is 0 Å². The number of rotatable bonds is 8. The third-order valence-corrected chi connectivity index (χ3v) is 4.61. The number of amides is 1. The van der Waals surface area contributed by atoms with E-state index >= 15 is 0 Å². The second-order valence-electron chi connectivity index (χ2n) is 6.37. The molecule has 0 bridgehead atoms. The highest BCUT2D eigenvalue weighted by Gasteiger charge is 2.27. The van der Waals surface area contributed by atoms with Crippen molar-refractivity contribution < 1.29 is 18.6 Å². The van der Waals surface area contributed by atoms with Crippen LogP contribution in [0.2, 0.25) is 0 Å². The molecule has 27 heavy (non-hydrogen) atoms. The molecule has 142 valence electrons. The van der Waals surface area contributed by atoms with E-state index in [9.17, 15) is 4.79 Å². The number of nitrogens with zero attached hydrogens (tertiary/aromatic N) is 3. The first kappa shape index (κ1) is 18.8. The van der Waals surface area contributed by atoms with Crippen molar-refractivity contribution in [3.05, 3.63) is 53.9 Å². The van der Waals surface area contributed by atoms with Gasteiger partial charge < -0.3 is 18.7 Å². The quantitative estimate of drug-likeness (QED) is 0.600. The number of aromatic nitrogens is 2. The van der Waals surface area contributed by atoms with Crippen LogP contribution in [0.4, 0.5) is 5.69 Å². The summed E-state index contributed by atoms with van der Waals surface area (Å²) in [5.41, 5.74) is 2.31. The third kappa shape index (κ3) is 4.25. The summed E-state index contributed by atoms with van der Waals surface area (Å²) in [6.07, 6.45) is 2.50. The van der Waals surface area contributed by atoms with Crippen LogP contribution in [0.25, 0.3) is 11.5 Å². The molecule has 0 N–H and O–H groups in total. The molecule has 1 unspecified atom stereocenters. The number of carbonyl (C=O) groups excluding carboxylic acids is 1. The molecule has 0 fully saturated rings. The monoisotopic (exact) mass is 369 g/mol. The van der Waals surface area contributed by atoms with Crippen LogP contribution in [-0.2, 0) is 9.53 Å². The number of ether oxygens (including phenoxy) is 1. The third-order valence-electron chi connectivity index (χ3n) is 4.61. The number of hydrogen-bond donors (Lipinski definition) is 0. The molecule has 0 aliphatic heterocycles.